The lowest BCUT2D eigenvalue weighted by molar-refractivity contribution is 0.229. The molecule has 3 N–H and O–H groups in total. The third-order valence-electron chi connectivity index (χ3n) is 4.62. The van der Waals surface area contributed by atoms with Crippen LogP contribution in [0, 0.1) is 5.82 Å². The van der Waals surface area contributed by atoms with E-state index in [-0.39, 0.29) is 24.5 Å². The number of anilines is 2. The number of halogens is 1. The molecule has 2 amide bonds. The van der Waals surface area contributed by atoms with E-state index in [2.05, 4.69) is 20.6 Å². The monoisotopic (exact) mass is 405 g/mol. The summed E-state index contributed by atoms with van der Waals surface area (Å²) >= 11 is 1.40. The minimum atomic E-state index is -0.405. The predicted octanol–water partition coefficient (Wildman–Crippen LogP) is 3.05. The summed E-state index contributed by atoms with van der Waals surface area (Å²) in [7, 11) is 0. The number of rotatable bonds is 4. The zero-order valence-electron chi connectivity index (χ0n) is 15.4. The molecule has 2 atom stereocenters. The summed E-state index contributed by atoms with van der Waals surface area (Å²) in [6, 6.07) is 3.92. The molecule has 0 saturated carbocycles. The summed E-state index contributed by atoms with van der Waals surface area (Å²) in [6.07, 6.45) is 0.680. The lowest BCUT2D eigenvalue weighted by atomic mass is 10.1. The van der Waals surface area contributed by atoms with Crippen LogP contribution in [0.4, 0.5) is 20.3 Å². The van der Waals surface area contributed by atoms with E-state index in [1.807, 2.05) is 11.8 Å². The summed E-state index contributed by atoms with van der Waals surface area (Å²) in [4.78, 5) is 23.9. The number of carbonyl (C=O) groups is 1. The smallest absolute Gasteiger partial charge is 0.321 e. The van der Waals surface area contributed by atoms with Gasteiger partial charge in [-0.2, -0.15) is 4.98 Å². The van der Waals surface area contributed by atoms with E-state index in [1.54, 1.807) is 13.0 Å². The van der Waals surface area contributed by atoms with Crippen LogP contribution in [0.2, 0.25) is 0 Å². The third kappa shape index (κ3) is 3.52. The summed E-state index contributed by atoms with van der Waals surface area (Å²) < 4.78 is 19.2. The number of hydrogen-bond acceptors (Lipinski definition) is 7. The Kier molecular flexibility index (Phi) is 4.90. The van der Waals surface area contributed by atoms with Crippen molar-refractivity contribution < 1.29 is 18.7 Å². The van der Waals surface area contributed by atoms with Gasteiger partial charge in [-0.15, -0.1) is 0 Å². The van der Waals surface area contributed by atoms with Gasteiger partial charge in [0.2, 0.25) is 0 Å². The maximum absolute atomic E-state index is 13.4. The van der Waals surface area contributed by atoms with Crippen molar-refractivity contribution in [3.05, 3.63) is 34.6 Å². The maximum atomic E-state index is 13.4. The molecule has 3 heterocycles. The number of hydrogen-bond donors (Lipinski definition) is 3. The lowest BCUT2D eigenvalue weighted by Crippen LogP contribution is -2.38. The first-order chi connectivity index (χ1) is 13.4. The van der Waals surface area contributed by atoms with Gasteiger partial charge in [0.1, 0.15) is 11.3 Å². The van der Waals surface area contributed by atoms with E-state index in [0.29, 0.717) is 35.2 Å². The van der Waals surface area contributed by atoms with Gasteiger partial charge in [-0.3, -0.25) is 5.32 Å². The molecule has 0 spiro atoms. The first-order valence-electron chi connectivity index (χ1n) is 8.95. The zero-order valence-corrected chi connectivity index (χ0v) is 16.2. The van der Waals surface area contributed by atoms with Crippen LogP contribution in [0.1, 0.15) is 30.5 Å². The molecule has 4 rings (SSSR count). The number of fused-ring (bicyclic) bond motifs is 2. The molecule has 0 aliphatic carbocycles. The highest BCUT2D eigenvalue weighted by molar-refractivity contribution is 7.16. The Morgan fingerprint density at radius 2 is 2.32 bits per heavy atom. The SMILES string of the molecule is C[C@H](CO)NC(=O)Nc1nc2c(s1)[C@H](C)N(c1nc3cc(F)ccc3o1)CC2. The Morgan fingerprint density at radius 1 is 1.50 bits per heavy atom. The number of oxazole rings is 1. The second-order valence-electron chi connectivity index (χ2n) is 6.74. The average Bonchev–Trinajstić information content (AvgIpc) is 3.25. The number of nitrogens with one attached hydrogen (secondary N) is 2. The minimum absolute atomic E-state index is 0.0471. The Morgan fingerprint density at radius 3 is 3.11 bits per heavy atom. The second-order valence-corrected chi connectivity index (χ2v) is 7.77. The van der Waals surface area contributed by atoms with Gasteiger partial charge in [-0.05, 0) is 26.0 Å². The molecule has 0 unspecified atom stereocenters. The number of thiazole rings is 1. The van der Waals surface area contributed by atoms with Crippen molar-refractivity contribution in [3.8, 4) is 0 Å². The van der Waals surface area contributed by atoms with E-state index in [1.165, 1.54) is 23.5 Å². The van der Waals surface area contributed by atoms with Gasteiger partial charge in [0, 0.05) is 19.0 Å². The molecule has 148 valence electrons. The first kappa shape index (κ1) is 18.6. The maximum Gasteiger partial charge on any atom is 0.321 e. The van der Waals surface area contributed by atoms with E-state index < -0.39 is 6.03 Å². The molecule has 1 aliphatic heterocycles. The Labute approximate surface area is 164 Å². The standard InChI is InChI=1S/C18H20FN5O3S/c1-9(8-25)20-16(26)23-17-21-12-5-6-24(10(2)15(12)28-17)18-22-13-7-11(19)3-4-14(13)27-18/h3-4,7,9-10,25H,5-6,8H2,1-2H3,(H2,20,21,23,26)/t9-,10+/m1/s1. The quantitative estimate of drug-likeness (QED) is 0.616. The Balaban J connectivity index is 1.53. The van der Waals surface area contributed by atoms with Crippen LogP contribution in [-0.4, -0.2) is 40.3 Å². The number of amides is 2. The van der Waals surface area contributed by atoms with Gasteiger partial charge in [-0.25, -0.2) is 14.2 Å². The van der Waals surface area contributed by atoms with Crippen LogP contribution >= 0.6 is 11.3 Å². The highest BCUT2D eigenvalue weighted by Crippen LogP contribution is 2.38. The predicted molar refractivity (Wildman–Crippen MR) is 104 cm³/mol. The van der Waals surface area contributed by atoms with Crippen LogP contribution in [0.15, 0.2) is 22.6 Å². The fraction of sp³-hybridized carbons (Fsp3) is 0.389. The molecule has 0 radical (unpaired) electrons. The van der Waals surface area contributed by atoms with Crippen LogP contribution in [0.25, 0.3) is 11.1 Å². The molecular formula is C18H20FN5O3S. The Bertz CT molecular complexity index is 1020. The highest BCUT2D eigenvalue weighted by atomic mass is 32.1. The van der Waals surface area contributed by atoms with E-state index in [9.17, 15) is 9.18 Å². The van der Waals surface area contributed by atoms with Gasteiger partial charge in [0.15, 0.2) is 10.7 Å². The molecule has 10 heteroatoms. The number of nitrogens with zero attached hydrogens (tertiary/aromatic N) is 3. The molecule has 0 saturated heterocycles. The first-order valence-corrected chi connectivity index (χ1v) is 9.77. The van der Waals surface area contributed by atoms with Crippen LogP contribution in [0.5, 0.6) is 0 Å². The summed E-state index contributed by atoms with van der Waals surface area (Å²) in [5.74, 6) is -0.353. The fourth-order valence-electron chi connectivity index (χ4n) is 3.16. The number of aliphatic hydroxyl groups excluding tert-OH is 1. The van der Waals surface area contributed by atoms with Crippen molar-refractivity contribution in [1.82, 2.24) is 15.3 Å². The molecule has 8 nitrogen and oxygen atoms in total. The molecule has 1 aromatic carbocycles. The summed E-state index contributed by atoms with van der Waals surface area (Å²) in [5, 5.41) is 14.9. The molecule has 1 aliphatic rings. The zero-order chi connectivity index (χ0) is 19.8. The molecule has 0 fully saturated rings. The van der Waals surface area contributed by atoms with Gasteiger partial charge in [0.25, 0.3) is 6.01 Å². The Hall–Kier alpha value is -2.72. The van der Waals surface area contributed by atoms with Gasteiger partial charge < -0.3 is 19.7 Å². The molecule has 3 aromatic rings. The van der Waals surface area contributed by atoms with Crippen molar-refractivity contribution in [3.63, 3.8) is 0 Å². The normalized spacial score (nSPS) is 17.4. The van der Waals surface area contributed by atoms with Gasteiger partial charge in [0.05, 0.1) is 29.3 Å². The highest BCUT2D eigenvalue weighted by Gasteiger charge is 2.31. The molecule has 0 bridgehead atoms. The van der Waals surface area contributed by atoms with Crippen molar-refractivity contribution in [1.29, 1.82) is 0 Å². The van der Waals surface area contributed by atoms with Gasteiger partial charge in [-0.1, -0.05) is 11.3 Å². The molecular weight excluding hydrogens is 385 g/mol. The van der Waals surface area contributed by atoms with Crippen molar-refractivity contribution in [2.75, 3.05) is 23.4 Å². The average molecular weight is 405 g/mol. The minimum Gasteiger partial charge on any atom is -0.423 e. The van der Waals surface area contributed by atoms with E-state index in [0.717, 1.165) is 10.6 Å². The van der Waals surface area contributed by atoms with Crippen LogP contribution in [0.3, 0.4) is 0 Å². The molecule has 28 heavy (non-hydrogen) atoms. The number of aromatic nitrogens is 2. The van der Waals surface area contributed by atoms with E-state index >= 15 is 0 Å². The number of benzene rings is 1. The van der Waals surface area contributed by atoms with Crippen LogP contribution in [-0.2, 0) is 6.42 Å². The van der Waals surface area contributed by atoms with Crippen molar-refractivity contribution >= 4 is 39.6 Å². The second kappa shape index (κ2) is 7.36. The number of urea groups is 1. The van der Waals surface area contributed by atoms with Crippen molar-refractivity contribution in [2.45, 2.75) is 32.4 Å². The number of aliphatic hydroxyl groups is 1. The summed E-state index contributed by atoms with van der Waals surface area (Å²) in [5.41, 5.74) is 1.95. The molecule has 2 aromatic heterocycles. The van der Waals surface area contributed by atoms with Crippen LogP contribution < -0.4 is 15.5 Å². The topological polar surface area (TPSA) is 104 Å². The lowest BCUT2D eigenvalue weighted by Gasteiger charge is -2.31. The number of carbonyl (C=O) groups excluding carboxylic acids is 1. The van der Waals surface area contributed by atoms with Crippen molar-refractivity contribution in [2.24, 2.45) is 0 Å². The third-order valence-corrected chi connectivity index (χ3v) is 5.80. The fourth-order valence-corrected chi connectivity index (χ4v) is 4.23. The van der Waals surface area contributed by atoms with Gasteiger partial charge >= 0.3 is 6.03 Å². The largest absolute Gasteiger partial charge is 0.423 e. The summed E-state index contributed by atoms with van der Waals surface area (Å²) in [6.45, 7) is 4.24. The van der Waals surface area contributed by atoms with E-state index in [4.69, 9.17) is 9.52 Å².